The van der Waals surface area contributed by atoms with Crippen LogP contribution in [0.15, 0.2) is 4.99 Å². The Morgan fingerprint density at radius 2 is 2.12 bits per heavy atom. The van der Waals surface area contributed by atoms with Crippen molar-refractivity contribution in [3.8, 4) is 0 Å². The van der Waals surface area contributed by atoms with E-state index < -0.39 is 0 Å². The van der Waals surface area contributed by atoms with Crippen LogP contribution in [0, 0.1) is 0 Å². The number of nitrogens with one attached hydrogen (secondary N) is 1. The number of thioether (sulfide) groups is 1. The minimum atomic E-state index is 0.332. The first-order chi connectivity index (χ1) is 8.18. The molecule has 2 rings (SSSR count). The quantitative estimate of drug-likeness (QED) is 0.602. The predicted molar refractivity (Wildman–Crippen MR) is 76.6 cm³/mol. The van der Waals surface area contributed by atoms with Gasteiger partial charge in [-0.05, 0) is 38.4 Å². The highest BCUT2D eigenvalue weighted by atomic mass is 32.2. The Labute approximate surface area is 109 Å². The van der Waals surface area contributed by atoms with E-state index in [1.54, 1.807) is 0 Å². The van der Waals surface area contributed by atoms with Crippen molar-refractivity contribution in [2.45, 2.75) is 62.7 Å². The Morgan fingerprint density at radius 3 is 2.76 bits per heavy atom. The lowest BCUT2D eigenvalue weighted by Gasteiger charge is -2.24. The highest BCUT2D eigenvalue weighted by Crippen LogP contribution is 2.37. The van der Waals surface area contributed by atoms with Crippen molar-refractivity contribution in [3.63, 3.8) is 0 Å². The van der Waals surface area contributed by atoms with Crippen LogP contribution in [-0.2, 0) is 0 Å². The second-order valence-corrected chi connectivity index (χ2v) is 7.27. The molecule has 98 valence electrons. The second-order valence-electron chi connectivity index (χ2n) is 5.58. The minimum Gasteiger partial charge on any atom is -0.370 e. The van der Waals surface area contributed by atoms with Crippen molar-refractivity contribution in [2.75, 3.05) is 12.3 Å². The maximum absolute atomic E-state index is 5.97. The van der Waals surface area contributed by atoms with Crippen molar-refractivity contribution in [3.05, 3.63) is 0 Å². The van der Waals surface area contributed by atoms with Gasteiger partial charge in [-0.3, -0.25) is 4.99 Å². The third kappa shape index (κ3) is 4.09. The van der Waals surface area contributed by atoms with Gasteiger partial charge >= 0.3 is 0 Å². The lowest BCUT2D eigenvalue weighted by Crippen LogP contribution is -2.41. The Kier molecular flexibility index (Phi) is 4.60. The van der Waals surface area contributed by atoms with Crippen LogP contribution in [0.1, 0.15) is 51.9 Å². The van der Waals surface area contributed by atoms with Crippen LogP contribution >= 0.6 is 11.8 Å². The molecule has 0 aromatic rings. The molecule has 1 atom stereocenters. The van der Waals surface area contributed by atoms with Gasteiger partial charge in [0.05, 0.1) is 6.54 Å². The molecule has 17 heavy (non-hydrogen) atoms. The first kappa shape index (κ1) is 13.1. The summed E-state index contributed by atoms with van der Waals surface area (Å²) in [6.45, 7) is 3.17. The Bertz CT molecular complexity index is 266. The molecule has 0 aromatic heterocycles. The molecule has 1 aliphatic heterocycles. The number of aliphatic imine (C=N–C) groups is 1. The predicted octanol–water partition coefficient (Wildman–Crippen LogP) is 2.51. The topological polar surface area (TPSA) is 50.4 Å². The number of rotatable bonds is 3. The average molecular weight is 255 g/mol. The van der Waals surface area contributed by atoms with Crippen LogP contribution < -0.4 is 11.1 Å². The van der Waals surface area contributed by atoms with Crippen molar-refractivity contribution >= 4 is 17.7 Å². The summed E-state index contributed by atoms with van der Waals surface area (Å²) >= 11 is 2.04. The lowest BCUT2D eigenvalue weighted by atomic mass is 9.96. The van der Waals surface area contributed by atoms with Crippen LogP contribution in [0.25, 0.3) is 0 Å². The van der Waals surface area contributed by atoms with Gasteiger partial charge < -0.3 is 11.1 Å². The normalized spacial score (nSPS) is 31.7. The number of guanidine groups is 1. The monoisotopic (exact) mass is 255 g/mol. The summed E-state index contributed by atoms with van der Waals surface area (Å²) in [5.41, 5.74) is 5.97. The summed E-state index contributed by atoms with van der Waals surface area (Å²) in [6, 6.07) is 0.566. The smallest absolute Gasteiger partial charge is 0.188 e. The molecule has 1 unspecified atom stereocenters. The molecule has 0 radical (unpaired) electrons. The zero-order chi connectivity index (χ0) is 12.1. The van der Waals surface area contributed by atoms with E-state index in [-0.39, 0.29) is 0 Å². The van der Waals surface area contributed by atoms with E-state index in [1.807, 2.05) is 11.8 Å². The number of hydrogen-bond donors (Lipinski definition) is 2. The van der Waals surface area contributed by atoms with E-state index in [0.717, 1.165) is 6.54 Å². The van der Waals surface area contributed by atoms with Gasteiger partial charge in [-0.1, -0.05) is 19.3 Å². The summed E-state index contributed by atoms with van der Waals surface area (Å²) < 4.78 is 0.332. The molecular formula is C13H25N3S. The van der Waals surface area contributed by atoms with Crippen LogP contribution in [0.5, 0.6) is 0 Å². The summed E-state index contributed by atoms with van der Waals surface area (Å²) in [6.07, 6.45) is 9.15. The van der Waals surface area contributed by atoms with Gasteiger partial charge in [0.2, 0.25) is 0 Å². The van der Waals surface area contributed by atoms with Gasteiger partial charge in [0.15, 0.2) is 5.96 Å². The van der Waals surface area contributed by atoms with Crippen LogP contribution in [-0.4, -0.2) is 29.0 Å². The molecule has 0 amide bonds. The fourth-order valence-corrected chi connectivity index (χ4v) is 3.94. The molecule has 3 nitrogen and oxygen atoms in total. The molecule has 2 aliphatic rings. The SMILES string of the molecule is CC1(CN=C(N)NC2CCCCC2)CCCS1. The molecule has 1 saturated carbocycles. The van der Waals surface area contributed by atoms with Crippen molar-refractivity contribution < 1.29 is 0 Å². The van der Waals surface area contributed by atoms with Gasteiger partial charge in [-0.2, -0.15) is 11.8 Å². The summed E-state index contributed by atoms with van der Waals surface area (Å²) in [5, 5.41) is 3.38. The molecule has 3 N–H and O–H groups in total. The van der Waals surface area contributed by atoms with Crippen LogP contribution in [0.3, 0.4) is 0 Å². The highest BCUT2D eigenvalue weighted by Gasteiger charge is 2.29. The van der Waals surface area contributed by atoms with Gasteiger partial charge in [-0.15, -0.1) is 0 Å². The number of nitrogens with zero attached hydrogens (tertiary/aromatic N) is 1. The summed E-state index contributed by atoms with van der Waals surface area (Å²) in [4.78, 5) is 4.53. The molecule has 1 saturated heterocycles. The third-order valence-electron chi connectivity index (χ3n) is 3.84. The fraction of sp³-hybridized carbons (Fsp3) is 0.923. The molecule has 2 fully saturated rings. The standard InChI is InChI=1S/C13H25N3S/c1-13(8-5-9-17-13)10-15-12(14)16-11-6-3-2-4-7-11/h11H,2-10H2,1H3,(H3,14,15,16). The third-order valence-corrected chi connectivity index (χ3v) is 5.36. The number of hydrogen-bond acceptors (Lipinski definition) is 2. The zero-order valence-electron chi connectivity index (χ0n) is 10.9. The zero-order valence-corrected chi connectivity index (χ0v) is 11.7. The average Bonchev–Trinajstić information content (AvgIpc) is 2.76. The molecule has 4 heteroatoms. The van der Waals surface area contributed by atoms with Crippen LogP contribution in [0.2, 0.25) is 0 Å². The highest BCUT2D eigenvalue weighted by molar-refractivity contribution is 8.00. The summed E-state index contributed by atoms with van der Waals surface area (Å²) in [5.74, 6) is 1.94. The van der Waals surface area contributed by atoms with E-state index in [0.29, 0.717) is 16.7 Å². The Morgan fingerprint density at radius 1 is 1.35 bits per heavy atom. The van der Waals surface area contributed by atoms with E-state index in [4.69, 9.17) is 5.73 Å². The lowest BCUT2D eigenvalue weighted by molar-refractivity contribution is 0.412. The first-order valence-corrected chi connectivity index (χ1v) is 7.87. The minimum absolute atomic E-state index is 0.332. The van der Waals surface area contributed by atoms with Crippen molar-refractivity contribution in [1.29, 1.82) is 0 Å². The van der Waals surface area contributed by atoms with E-state index in [1.165, 1.54) is 50.7 Å². The maximum Gasteiger partial charge on any atom is 0.188 e. The molecule has 1 heterocycles. The van der Waals surface area contributed by atoms with E-state index in [9.17, 15) is 0 Å². The van der Waals surface area contributed by atoms with Crippen LogP contribution in [0.4, 0.5) is 0 Å². The molecule has 0 aromatic carbocycles. The van der Waals surface area contributed by atoms with E-state index >= 15 is 0 Å². The van der Waals surface area contributed by atoms with Crippen molar-refractivity contribution in [2.24, 2.45) is 10.7 Å². The van der Waals surface area contributed by atoms with E-state index in [2.05, 4.69) is 17.2 Å². The van der Waals surface area contributed by atoms with Gasteiger partial charge in [0, 0.05) is 10.8 Å². The molecular weight excluding hydrogens is 230 g/mol. The van der Waals surface area contributed by atoms with Gasteiger partial charge in [0.25, 0.3) is 0 Å². The Hall–Kier alpha value is -0.380. The first-order valence-electron chi connectivity index (χ1n) is 6.88. The van der Waals surface area contributed by atoms with Gasteiger partial charge in [0.1, 0.15) is 0 Å². The largest absolute Gasteiger partial charge is 0.370 e. The number of nitrogens with two attached hydrogens (primary N) is 1. The maximum atomic E-state index is 5.97. The molecule has 0 spiro atoms. The fourth-order valence-electron chi connectivity index (χ4n) is 2.72. The van der Waals surface area contributed by atoms with Gasteiger partial charge in [-0.25, -0.2) is 0 Å². The Balaban J connectivity index is 1.76. The summed E-state index contributed by atoms with van der Waals surface area (Å²) in [7, 11) is 0. The van der Waals surface area contributed by atoms with Crippen molar-refractivity contribution in [1.82, 2.24) is 5.32 Å². The molecule has 1 aliphatic carbocycles. The second kappa shape index (κ2) is 5.98. The molecule has 0 bridgehead atoms.